The molecule has 1 fully saturated rings. The first-order chi connectivity index (χ1) is 16.3. The quantitative estimate of drug-likeness (QED) is 0.513. The third kappa shape index (κ3) is 4.48. The number of benzene rings is 1. The van der Waals surface area contributed by atoms with Crippen LogP contribution in [-0.4, -0.2) is 38.0 Å². The van der Waals surface area contributed by atoms with Crippen LogP contribution in [0.1, 0.15) is 63.9 Å². The second kappa shape index (κ2) is 10.0. The van der Waals surface area contributed by atoms with Crippen LogP contribution in [0.15, 0.2) is 46.8 Å². The maximum atomic E-state index is 13.8. The van der Waals surface area contributed by atoms with Gasteiger partial charge in [-0.2, -0.15) is 0 Å². The summed E-state index contributed by atoms with van der Waals surface area (Å²) < 4.78 is 16.3. The van der Waals surface area contributed by atoms with Gasteiger partial charge in [-0.1, -0.05) is 25.5 Å². The van der Waals surface area contributed by atoms with Crippen molar-refractivity contribution in [2.75, 3.05) is 14.2 Å². The Morgan fingerprint density at radius 1 is 1.09 bits per heavy atom. The highest BCUT2D eigenvalue weighted by Gasteiger charge is 2.47. The Balaban J connectivity index is 1.79. The van der Waals surface area contributed by atoms with Crippen molar-refractivity contribution < 1.29 is 28.6 Å². The molecule has 182 valence electrons. The summed E-state index contributed by atoms with van der Waals surface area (Å²) in [5, 5.41) is 3.31. The number of carbonyl (C=O) groups excluding carboxylic acids is 3. The summed E-state index contributed by atoms with van der Waals surface area (Å²) in [6.45, 7) is 3.72. The fraction of sp³-hybridized carbons (Fsp3) is 0.519. The Kier molecular flexibility index (Phi) is 7.10. The van der Waals surface area contributed by atoms with Crippen LogP contribution in [0.2, 0.25) is 0 Å². The van der Waals surface area contributed by atoms with E-state index in [9.17, 15) is 14.4 Å². The fourth-order valence-electron chi connectivity index (χ4n) is 5.50. The fourth-order valence-corrected chi connectivity index (χ4v) is 5.50. The number of ether oxygens (including phenoxy) is 3. The molecule has 1 saturated carbocycles. The van der Waals surface area contributed by atoms with Crippen LogP contribution in [0, 0.1) is 11.8 Å². The molecule has 4 rings (SSSR count). The second-order valence-corrected chi connectivity index (χ2v) is 9.48. The Hall–Kier alpha value is -3.09. The number of esters is 2. The first kappa shape index (κ1) is 24.0. The number of carbonyl (C=O) groups is 3. The summed E-state index contributed by atoms with van der Waals surface area (Å²) >= 11 is 0. The molecule has 3 atom stereocenters. The van der Waals surface area contributed by atoms with Gasteiger partial charge in [0.05, 0.1) is 19.8 Å². The summed E-state index contributed by atoms with van der Waals surface area (Å²) in [4.78, 5) is 39.9. The van der Waals surface area contributed by atoms with E-state index in [1.807, 2.05) is 38.1 Å². The first-order valence-electron chi connectivity index (χ1n) is 12.0. The average Bonchev–Trinajstić information content (AvgIpc) is 2.83. The molecule has 0 spiro atoms. The van der Waals surface area contributed by atoms with Gasteiger partial charge in [0.15, 0.2) is 5.78 Å². The molecule has 7 nitrogen and oxygen atoms in total. The van der Waals surface area contributed by atoms with Gasteiger partial charge in [-0.05, 0) is 62.6 Å². The van der Waals surface area contributed by atoms with E-state index in [2.05, 4.69) is 5.32 Å². The monoisotopic (exact) mass is 467 g/mol. The lowest BCUT2D eigenvalue weighted by molar-refractivity contribution is -0.151. The van der Waals surface area contributed by atoms with Crippen molar-refractivity contribution in [2.24, 2.45) is 11.8 Å². The highest BCUT2D eigenvalue weighted by Crippen LogP contribution is 2.46. The Labute approximate surface area is 200 Å². The van der Waals surface area contributed by atoms with Gasteiger partial charge in [0.2, 0.25) is 0 Å². The summed E-state index contributed by atoms with van der Waals surface area (Å²) in [5.41, 5.74) is 3.00. The number of ketones is 1. The van der Waals surface area contributed by atoms with Crippen LogP contribution in [0.4, 0.5) is 0 Å². The molecule has 1 heterocycles. The Morgan fingerprint density at radius 3 is 2.50 bits per heavy atom. The van der Waals surface area contributed by atoms with Crippen LogP contribution in [-0.2, 0) is 23.9 Å². The summed E-state index contributed by atoms with van der Waals surface area (Å²) in [5.74, 6) is -2.44. The molecule has 2 aliphatic carbocycles. The first-order valence-corrected chi connectivity index (χ1v) is 12.0. The van der Waals surface area contributed by atoms with E-state index in [0.29, 0.717) is 29.0 Å². The highest BCUT2D eigenvalue weighted by molar-refractivity contribution is 6.12. The predicted octanol–water partition coefficient (Wildman–Crippen LogP) is 4.18. The van der Waals surface area contributed by atoms with Crippen LogP contribution < -0.4 is 10.1 Å². The zero-order valence-corrected chi connectivity index (χ0v) is 20.3. The molecule has 0 saturated heterocycles. The van der Waals surface area contributed by atoms with Crippen molar-refractivity contribution in [1.82, 2.24) is 5.32 Å². The number of hydrogen-bond acceptors (Lipinski definition) is 7. The van der Waals surface area contributed by atoms with Crippen LogP contribution in [0.25, 0.3) is 0 Å². The number of Topliss-reactive ketones (excluding diaryl/α,β-unsaturated/α-hetero) is 1. The molecule has 0 radical (unpaired) electrons. The topological polar surface area (TPSA) is 90.9 Å². The number of nitrogens with one attached hydrogen (secondary N) is 1. The summed E-state index contributed by atoms with van der Waals surface area (Å²) in [7, 11) is 2.87. The second-order valence-electron chi connectivity index (χ2n) is 9.48. The average molecular weight is 468 g/mol. The van der Waals surface area contributed by atoms with E-state index >= 15 is 0 Å². The van der Waals surface area contributed by atoms with Crippen molar-refractivity contribution in [3.63, 3.8) is 0 Å². The molecule has 1 N–H and O–H groups in total. The van der Waals surface area contributed by atoms with Gasteiger partial charge >= 0.3 is 11.9 Å². The van der Waals surface area contributed by atoms with E-state index in [-0.39, 0.29) is 17.8 Å². The van der Waals surface area contributed by atoms with Gasteiger partial charge in [0.25, 0.3) is 0 Å². The van der Waals surface area contributed by atoms with Crippen molar-refractivity contribution >= 4 is 17.7 Å². The molecule has 1 aromatic carbocycles. The van der Waals surface area contributed by atoms with Gasteiger partial charge in [-0.3, -0.25) is 9.59 Å². The largest absolute Gasteiger partial charge is 0.497 e. The van der Waals surface area contributed by atoms with Gasteiger partial charge in [0.1, 0.15) is 17.8 Å². The van der Waals surface area contributed by atoms with Crippen molar-refractivity contribution in [1.29, 1.82) is 0 Å². The molecule has 3 aliphatic rings. The molecule has 0 aromatic heterocycles. The molecule has 34 heavy (non-hydrogen) atoms. The van der Waals surface area contributed by atoms with E-state index in [1.54, 1.807) is 7.11 Å². The normalized spacial score (nSPS) is 25.4. The summed E-state index contributed by atoms with van der Waals surface area (Å²) in [6.07, 6.45) is 5.33. The molecule has 1 aliphatic heterocycles. The number of methoxy groups -OCH3 is 2. The number of rotatable bonds is 5. The number of hydrogen-bond donors (Lipinski definition) is 1. The van der Waals surface area contributed by atoms with Crippen molar-refractivity contribution in [3.05, 3.63) is 52.4 Å². The molecule has 0 bridgehead atoms. The van der Waals surface area contributed by atoms with E-state index in [4.69, 9.17) is 14.2 Å². The minimum absolute atomic E-state index is 0.118. The van der Waals surface area contributed by atoms with Gasteiger partial charge < -0.3 is 19.5 Å². The van der Waals surface area contributed by atoms with Crippen molar-refractivity contribution in [2.45, 2.75) is 64.4 Å². The van der Waals surface area contributed by atoms with Crippen LogP contribution in [0.3, 0.4) is 0 Å². The molecular weight excluding hydrogens is 434 g/mol. The number of dihydropyridines is 1. The molecule has 1 aromatic rings. The number of allylic oxidation sites excluding steroid dienone is 3. The smallest absolute Gasteiger partial charge is 0.337 e. The Bertz CT molecular complexity index is 1050. The van der Waals surface area contributed by atoms with Gasteiger partial charge in [-0.15, -0.1) is 0 Å². The van der Waals surface area contributed by atoms with E-state index in [0.717, 1.165) is 43.4 Å². The van der Waals surface area contributed by atoms with Gasteiger partial charge in [-0.25, -0.2) is 4.79 Å². The standard InChI is InChI=1S/C27H33NO6/c1-15-13-20-24(25(29)21(15)26(30)33-4)23(17-9-8-12-19(14-17)32-3)22(16(2)28-20)27(31)34-18-10-6-5-7-11-18/h8-9,12,14-15,18,21,23,28H,5-7,10-11,13H2,1-4H3/t15-,21+,23-/m0/s1. The molecule has 0 unspecified atom stereocenters. The SMILES string of the molecule is COC(=O)[C@H]1C(=O)C2=C(C[C@@H]1C)NC(C)=C(C(=O)OC1CCCCC1)[C@@H]2c1cccc(OC)c1. The lowest BCUT2D eigenvalue weighted by atomic mass is 9.69. The van der Waals surface area contributed by atoms with Crippen LogP contribution in [0.5, 0.6) is 5.75 Å². The predicted molar refractivity (Wildman–Crippen MR) is 126 cm³/mol. The molecular formula is C27H33NO6. The minimum atomic E-state index is -0.910. The third-order valence-corrected chi connectivity index (χ3v) is 7.22. The van der Waals surface area contributed by atoms with Crippen LogP contribution >= 0.6 is 0 Å². The lowest BCUT2D eigenvalue weighted by Gasteiger charge is -2.38. The zero-order valence-electron chi connectivity index (χ0n) is 20.3. The zero-order chi connectivity index (χ0) is 24.4. The maximum Gasteiger partial charge on any atom is 0.337 e. The van der Waals surface area contributed by atoms with Gasteiger partial charge in [0, 0.05) is 22.9 Å². The Morgan fingerprint density at radius 2 is 1.82 bits per heavy atom. The van der Waals surface area contributed by atoms with E-state index < -0.39 is 23.8 Å². The third-order valence-electron chi connectivity index (χ3n) is 7.22. The lowest BCUT2D eigenvalue weighted by Crippen LogP contribution is -2.43. The highest BCUT2D eigenvalue weighted by atomic mass is 16.5. The molecule has 7 heteroatoms. The van der Waals surface area contributed by atoms with E-state index in [1.165, 1.54) is 7.11 Å². The molecule has 0 amide bonds. The minimum Gasteiger partial charge on any atom is -0.497 e. The maximum absolute atomic E-state index is 13.8. The van der Waals surface area contributed by atoms with Crippen molar-refractivity contribution in [3.8, 4) is 5.75 Å². The summed E-state index contributed by atoms with van der Waals surface area (Å²) in [6, 6.07) is 7.37.